The molecule has 20 heavy (non-hydrogen) atoms. The Bertz CT molecular complexity index is 581. The minimum Gasteiger partial charge on any atom is -0.396 e. The minimum atomic E-state index is -3.65. The normalized spacial score (nSPS) is 20.4. The number of nitrogens with two attached hydrogens (primary N) is 1. The lowest BCUT2D eigenvalue weighted by molar-refractivity contribution is 0.259. The van der Waals surface area contributed by atoms with E-state index in [1.54, 1.807) is 0 Å². The molecule has 7 heteroatoms. The van der Waals surface area contributed by atoms with Crippen LogP contribution in [0.1, 0.15) is 18.4 Å². The first-order valence-electron chi connectivity index (χ1n) is 6.53. The third-order valence-electron chi connectivity index (χ3n) is 3.68. The molecule has 1 aliphatic heterocycles. The van der Waals surface area contributed by atoms with Crippen molar-refractivity contribution in [3.63, 3.8) is 0 Å². The standard InChI is InChI=1S/C13H19FN2O3S/c1-9-6-11(7-12(15)13(9)14)20(18,19)16-4-2-10(8-16)3-5-17/h6-7,10,17H,2-5,8,15H2,1H3. The van der Waals surface area contributed by atoms with Crippen LogP contribution in [0.2, 0.25) is 0 Å². The van der Waals surface area contributed by atoms with E-state index in [1.165, 1.54) is 17.3 Å². The Morgan fingerprint density at radius 1 is 1.50 bits per heavy atom. The van der Waals surface area contributed by atoms with Gasteiger partial charge in [0.1, 0.15) is 5.82 Å². The number of aryl methyl sites for hydroxylation is 1. The van der Waals surface area contributed by atoms with Crippen LogP contribution < -0.4 is 5.73 Å². The second kappa shape index (κ2) is 5.67. The van der Waals surface area contributed by atoms with Gasteiger partial charge in [0.15, 0.2) is 0 Å². The molecule has 0 bridgehead atoms. The van der Waals surface area contributed by atoms with Gasteiger partial charge in [-0.25, -0.2) is 12.8 Å². The fourth-order valence-corrected chi connectivity index (χ4v) is 4.15. The summed E-state index contributed by atoms with van der Waals surface area (Å²) >= 11 is 0. The first-order chi connectivity index (χ1) is 9.36. The summed E-state index contributed by atoms with van der Waals surface area (Å²) in [6, 6.07) is 2.47. The molecule has 0 spiro atoms. The molecule has 1 aromatic rings. The number of aliphatic hydroxyl groups excluding tert-OH is 1. The molecule has 2 rings (SSSR count). The minimum absolute atomic E-state index is 0.0264. The van der Waals surface area contributed by atoms with E-state index in [4.69, 9.17) is 10.8 Å². The Kier molecular flexibility index (Phi) is 4.31. The van der Waals surface area contributed by atoms with Crippen LogP contribution in [-0.4, -0.2) is 37.5 Å². The molecule has 112 valence electrons. The molecule has 1 saturated heterocycles. The largest absolute Gasteiger partial charge is 0.396 e. The van der Waals surface area contributed by atoms with Gasteiger partial charge in [0.2, 0.25) is 10.0 Å². The molecular formula is C13H19FN2O3S. The summed E-state index contributed by atoms with van der Waals surface area (Å²) in [7, 11) is -3.65. The monoisotopic (exact) mass is 302 g/mol. The van der Waals surface area contributed by atoms with E-state index in [0.29, 0.717) is 19.5 Å². The highest BCUT2D eigenvalue weighted by Gasteiger charge is 2.32. The van der Waals surface area contributed by atoms with Crippen LogP contribution in [0, 0.1) is 18.7 Å². The van der Waals surface area contributed by atoms with Crippen LogP contribution in [0.3, 0.4) is 0 Å². The molecule has 1 heterocycles. The second-order valence-electron chi connectivity index (χ2n) is 5.17. The predicted molar refractivity (Wildman–Crippen MR) is 74.1 cm³/mol. The van der Waals surface area contributed by atoms with Crippen molar-refractivity contribution in [2.75, 3.05) is 25.4 Å². The van der Waals surface area contributed by atoms with Crippen LogP contribution in [0.4, 0.5) is 10.1 Å². The van der Waals surface area contributed by atoms with Gasteiger partial charge in [-0.1, -0.05) is 0 Å². The number of halogens is 1. The Labute approximate surface area is 118 Å². The van der Waals surface area contributed by atoms with Gasteiger partial charge in [-0.3, -0.25) is 0 Å². The fourth-order valence-electron chi connectivity index (χ4n) is 2.49. The molecule has 3 N–H and O–H groups in total. The maximum Gasteiger partial charge on any atom is 0.243 e. The smallest absolute Gasteiger partial charge is 0.243 e. The summed E-state index contributed by atoms with van der Waals surface area (Å²) in [5.41, 5.74) is 5.56. The molecular weight excluding hydrogens is 283 g/mol. The third kappa shape index (κ3) is 2.79. The van der Waals surface area contributed by atoms with Crippen molar-refractivity contribution >= 4 is 15.7 Å². The lowest BCUT2D eigenvalue weighted by atomic mass is 10.1. The number of anilines is 1. The molecule has 0 amide bonds. The van der Waals surface area contributed by atoms with Gasteiger partial charge < -0.3 is 10.8 Å². The molecule has 1 fully saturated rings. The summed E-state index contributed by atoms with van der Waals surface area (Å²) in [4.78, 5) is 0.0264. The topological polar surface area (TPSA) is 83.6 Å². The molecule has 0 saturated carbocycles. The zero-order chi connectivity index (χ0) is 14.9. The molecule has 1 aliphatic rings. The van der Waals surface area contributed by atoms with Crippen molar-refractivity contribution in [2.24, 2.45) is 5.92 Å². The summed E-state index contributed by atoms with van der Waals surface area (Å²) < 4.78 is 39.8. The van der Waals surface area contributed by atoms with Gasteiger partial charge in [-0.15, -0.1) is 0 Å². The van der Waals surface area contributed by atoms with E-state index in [9.17, 15) is 12.8 Å². The average molecular weight is 302 g/mol. The first kappa shape index (κ1) is 15.2. The van der Waals surface area contributed by atoms with E-state index in [2.05, 4.69) is 0 Å². The van der Waals surface area contributed by atoms with Gasteiger partial charge in [-0.05, 0) is 43.4 Å². The summed E-state index contributed by atoms with van der Waals surface area (Å²) in [5.74, 6) is -0.405. The maximum atomic E-state index is 13.5. The Morgan fingerprint density at radius 2 is 2.20 bits per heavy atom. The highest BCUT2D eigenvalue weighted by atomic mass is 32.2. The van der Waals surface area contributed by atoms with Gasteiger partial charge >= 0.3 is 0 Å². The SMILES string of the molecule is Cc1cc(S(=O)(=O)N2CCC(CCO)C2)cc(N)c1F. The highest BCUT2D eigenvalue weighted by molar-refractivity contribution is 7.89. The van der Waals surface area contributed by atoms with Gasteiger partial charge in [0.25, 0.3) is 0 Å². The van der Waals surface area contributed by atoms with Crippen molar-refractivity contribution in [3.8, 4) is 0 Å². The van der Waals surface area contributed by atoms with E-state index in [0.717, 1.165) is 12.5 Å². The molecule has 1 aromatic carbocycles. The number of sulfonamides is 1. The third-order valence-corrected chi connectivity index (χ3v) is 5.52. The van der Waals surface area contributed by atoms with Gasteiger partial charge in [0.05, 0.1) is 10.6 Å². The van der Waals surface area contributed by atoms with Crippen LogP contribution in [-0.2, 0) is 10.0 Å². The molecule has 1 unspecified atom stereocenters. The number of nitrogen functional groups attached to an aromatic ring is 1. The van der Waals surface area contributed by atoms with Crippen molar-refractivity contribution in [1.82, 2.24) is 4.31 Å². The van der Waals surface area contributed by atoms with E-state index in [-0.39, 0.29) is 28.7 Å². The fraction of sp³-hybridized carbons (Fsp3) is 0.538. The average Bonchev–Trinajstić information content (AvgIpc) is 2.85. The lowest BCUT2D eigenvalue weighted by Gasteiger charge is -2.17. The highest BCUT2D eigenvalue weighted by Crippen LogP contribution is 2.28. The van der Waals surface area contributed by atoms with Crippen LogP contribution in [0.15, 0.2) is 17.0 Å². The van der Waals surface area contributed by atoms with Crippen molar-refractivity contribution in [1.29, 1.82) is 0 Å². The van der Waals surface area contributed by atoms with Crippen LogP contribution >= 0.6 is 0 Å². The van der Waals surface area contributed by atoms with E-state index >= 15 is 0 Å². The van der Waals surface area contributed by atoms with E-state index in [1.807, 2.05) is 0 Å². The predicted octanol–water partition coefficient (Wildman–Crippen LogP) is 1.11. The molecule has 0 aliphatic carbocycles. The summed E-state index contributed by atoms with van der Waals surface area (Å²) in [6.07, 6.45) is 1.33. The van der Waals surface area contributed by atoms with Crippen LogP contribution in [0.25, 0.3) is 0 Å². The first-order valence-corrected chi connectivity index (χ1v) is 7.97. The second-order valence-corrected chi connectivity index (χ2v) is 7.11. The number of hydrogen-bond donors (Lipinski definition) is 2. The molecule has 0 radical (unpaired) electrons. The lowest BCUT2D eigenvalue weighted by Crippen LogP contribution is -2.29. The number of nitrogens with zero attached hydrogens (tertiary/aromatic N) is 1. The number of aliphatic hydroxyl groups is 1. The van der Waals surface area contributed by atoms with Gasteiger partial charge in [-0.2, -0.15) is 4.31 Å². The van der Waals surface area contributed by atoms with Crippen molar-refractivity contribution in [2.45, 2.75) is 24.7 Å². The summed E-state index contributed by atoms with van der Waals surface area (Å²) in [6.45, 7) is 2.35. The summed E-state index contributed by atoms with van der Waals surface area (Å²) in [5, 5.41) is 8.91. The van der Waals surface area contributed by atoms with Crippen molar-refractivity contribution in [3.05, 3.63) is 23.5 Å². The number of hydrogen-bond acceptors (Lipinski definition) is 4. The molecule has 0 aromatic heterocycles. The number of rotatable bonds is 4. The number of benzene rings is 1. The zero-order valence-corrected chi connectivity index (χ0v) is 12.2. The zero-order valence-electron chi connectivity index (χ0n) is 11.3. The van der Waals surface area contributed by atoms with Crippen molar-refractivity contribution < 1.29 is 17.9 Å². The molecule has 5 nitrogen and oxygen atoms in total. The van der Waals surface area contributed by atoms with Gasteiger partial charge in [0, 0.05) is 19.7 Å². The molecule has 1 atom stereocenters. The quantitative estimate of drug-likeness (QED) is 0.816. The van der Waals surface area contributed by atoms with Crippen LogP contribution in [0.5, 0.6) is 0 Å². The Hall–Kier alpha value is -1.18. The maximum absolute atomic E-state index is 13.5. The van der Waals surface area contributed by atoms with E-state index < -0.39 is 15.8 Å². The Balaban J connectivity index is 2.28. The Morgan fingerprint density at radius 3 is 2.80 bits per heavy atom.